The van der Waals surface area contributed by atoms with Crippen molar-refractivity contribution in [1.29, 1.82) is 0 Å². The summed E-state index contributed by atoms with van der Waals surface area (Å²) in [7, 11) is 0. The van der Waals surface area contributed by atoms with E-state index in [4.69, 9.17) is 4.84 Å². The lowest BCUT2D eigenvalue weighted by Gasteiger charge is -2.08. The number of hydroxylamine groups is 1. The fourth-order valence-electron chi connectivity index (χ4n) is 1.08. The molecular weight excluding hydrogens is 235 g/mol. The van der Waals surface area contributed by atoms with E-state index in [1.165, 1.54) is 0 Å². The summed E-state index contributed by atoms with van der Waals surface area (Å²) in [6.07, 6.45) is -4.27. The number of hydrogen-bond donors (Lipinski definition) is 1. The highest BCUT2D eigenvalue weighted by atomic mass is 19.4. The molecule has 0 aromatic heterocycles. The number of benzene rings is 1. The van der Waals surface area contributed by atoms with Crippen LogP contribution in [0.15, 0.2) is 30.3 Å². The fraction of sp³-hybridized carbons (Fsp3) is 0.455. The minimum atomic E-state index is -4.27. The monoisotopic (exact) mass is 249 g/mol. The predicted molar refractivity (Wildman–Crippen MR) is 56.1 cm³/mol. The first-order valence-corrected chi connectivity index (χ1v) is 5.11. The van der Waals surface area contributed by atoms with Gasteiger partial charge in [0.2, 0.25) is 0 Å². The van der Waals surface area contributed by atoms with Gasteiger partial charge in [-0.2, -0.15) is 18.7 Å². The number of alkyl halides is 3. The van der Waals surface area contributed by atoms with E-state index in [-0.39, 0.29) is 13.2 Å². The molecule has 0 amide bonds. The van der Waals surface area contributed by atoms with Crippen molar-refractivity contribution in [3.8, 4) is 0 Å². The van der Waals surface area contributed by atoms with Crippen molar-refractivity contribution in [2.24, 2.45) is 0 Å². The second-order valence-corrected chi connectivity index (χ2v) is 3.34. The predicted octanol–water partition coefficient (Wildman–Crippen LogP) is 2.29. The van der Waals surface area contributed by atoms with Crippen molar-refractivity contribution in [3.63, 3.8) is 0 Å². The lowest BCUT2D eigenvalue weighted by atomic mass is 10.2. The Labute approximate surface area is 97.5 Å². The zero-order chi connectivity index (χ0) is 12.6. The summed E-state index contributed by atoms with van der Waals surface area (Å²) in [4.78, 5) is 5.04. The normalized spacial score (nSPS) is 11.7. The molecule has 1 rings (SSSR count). The Hall–Kier alpha value is -1.11. The summed E-state index contributed by atoms with van der Waals surface area (Å²) in [5, 5.41) is 0. The minimum Gasteiger partial charge on any atom is -0.371 e. The minimum absolute atomic E-state index is 0.0473. The highest BCUT2D eigenvalue weighted by Crippen LogP contribution is 2.13. The maximum absolute atomic E-state index is 11.7. The lowest BCUT2D eigenvalue weighted by Crippen LogP contribution is -2.24. The van der Waals surface area contributed by atoms with Gasteiger partial charge in [0.1, 0.15) is 6.61 Å². The van der Waals surface area contributed by atoms with Crippen LogP contribution in [-0.4, -0.2) is 25.9 Å². The largest absolute Gasteiger partial charge is 0.411 e. The first-order chi connectivity index (χ1) is 8.08. The molecule has 0 aliphatic carbocycles. The molecule has 0 unspecified atom stereocenters. The van der Waals surface area contributed by atoms with Crippen LogP contribution >= 0.6 is 0 Å². The summed E-state index contributed by atoms with van der Waals surface area (Å²) in [5.74, 6) is 0. The molecule has 6 heteroatoms. The summed E-state index contributed by atoms with van der Waals surface area (Å²) in [6, 6.07) is 9.43. The van der Waals surface area contributed by atoms with E-state index in [1.54, 1.807) is 0 Å². The van der Waals surface area contributed by atoms with Gasteiger partial charge < -0.3 is 4.74 Å². The SMILES string of the molecule is FC(F)(F)COCCNOCc1ccccc1. The first-order valence-electron chi connectivity index (χ1n) is 5.11. The van der Waals surface area contributed by atoms with Crippen molar-refractivity contribution in [2.75, 3.05) is 19.8 Å². The molecule has 1 aromatic carbocycles. The molecule has 0 heterocycles. The van der Waals surface area contributed by atoms with E-state index in [9.17, 15) is 13.2 Å². The molecule has 0 atom stereocenters. The highest BCUT2D eigenvalue weighted by molar-refractivity contribution is 5.13. The Kier molecular flexibility index (Phi) is 5.96. The molecule has 0 bridgehead atoms. The van der Waals surface area contributed by atoms with E-state index >= 15 is 0 Å². The number of nitrogens with one attached hydrogen (secondary N) is 1. The summed E-state index contributed by atoms with van der Waals surface area (Å²) >= 11 is 0. The molecular formula is C11H14F3NO2. The maximum Gasteiger partial charge on any atom is 0.411 e. The zero-order valence-corrected chi connectivity index (χ0v) is 9.17. The third kappa shape index (κ3) is 7.73. The van der Waals surface area contributed by atoms with Gasteiger partial charge >= 0.3 is 6.18 Å². The molecule has 1 N–H and O–H groups in total. The fourth-order valence-corrected chi connectivity index (χ4v) is 1.08. The number of halogens is 3. The summed E-state index contributed by atoms with van der Waals surface area (Å²) in [5.41, 5.74) is 3.51. The van der Waals surface area contributed by atoms with E-state index in [2.05, 4.69) is 10.2 Å². The first kappa shape index (κ1) is 14.0. The van der Waals surface area contributed by atoms with Crippen LogP contribution in [0.4, 0.5) is 13.2 Å². The van der Waals surface area contributed by atoms with Gasteiger partial charge in [-0.1, -0.05) is 30.3 Å². The average molecular weight is 249 g/mol. The molecule has 96 valence electrons. The Bertz CT molecular complexity index is 303. The van der Waals surface area contributed by atoms with E-state index in [1.807, 2.05) is 30.3 Å². The van der Waals surface area contributed by atoms with Gasteiger partial charge in [0.25, 0.3) is 0 Å². The second-order valence-electron chi connectivity index (χ2n) is 3.34. The van der Waals surface area contributed by atoms with Crippen LogP contribution < -0.4 is 5.48 Å². The quantitative estimate of drug-likeness (QED) is 0.594. The van der Waals surface area contributed by atoms with E-state index in [0.717, 1.165) is 5.56 Å². The van der Waals surface area contributed by atoms with Crippen molar-refractivity contribution in [2.45, 2.75) is 12.8 Å². The van der Waals surface area contributed by atoms with E-state index in [0.29, 0.717) is 6.61 Å². The van der Waals surface area contributed by atoms with Gasteiger partial charge in [-0.3, -0.25) is 4.84 Å². The summed E-state index contributed by atoms with van der Waals surface area (Å²) < 4.78 is 39.4. The maximum atomic E-state index is 11.7. The molecule has 0 saturated carbocycles. The van der Waals surface area contributed by atoms with Crippen LogP contribution in [0, 0.1) is 0 Å². The van der Waals surface area contributed by atoms with Crippen LogP contribution in [0.3, 0.4) is 0 Å². The van der Waals surface area contributed by atoms with Gasteiger partial charge in [0.05, 0.1) is 13.2 Å². The van der Waals surface area contributed by atoms with Crippen molar-refractivity contribution < 1.29 is 22.7 Å². The van der Waals surface area contributed by atoms with Crippen molar-refractivity contribution in [1.82, 2.24) is 5.48 Å². The van der Waals surface area contributed by atoms with Crippen LogP contribution in [0.2, 0.25) is 0 Å². The summed E-state index contributed by atoms with van der Waals surface area (Å²) in [6.45, 7) is -0.704. The lowest BCUT2D eigenvalue weighted by molar-refractivity contribution is -0.174. The molecule has 0 fully saturated rings. The Morgan fingerprint density at radius 1 is 1.12 bits per heavy atom. The van der Waals surface area contributed by atoms with Crippen molar-refractivity contribution in [3.05, 3.63) is 35.9 Å². The molecule has 0 radical (unpaired) electrons. The molecule has 3 nitrogen and oxygen atoms in total. The molecule has 0 aliphatic heterocycles. The highest BCUT2D eigenvalue weighted by Gasteiger charge is 2.27. The Balaban J connectivity index is 1.95. The second kappa shape index (κ2) is 7.26. The third-order valence-electron chi connectivity index (χ3n) is 1.80. The molecule has 0 saturated heterocycles. The van der Waals surface area contributed by atoms with Gasteiger partial charge in [-0.05, 0) is 5.56 Å². The molecule has 17 heavy (non-hydrogen) atoms. The van der Waals surface area contributed by atoms with Gasteiger partial charge in [-0.25, -0.2) is 0 Å². The smallest absolute Gasteiger partial charge is 0.371 e. The number of hydrogen-bond acceptors (Lipinski definition) is 3. The number of rotatable bonds is 7. The zero-order valence-electron chi connectivity index (χ0n) is 9.17. The molecule has 1 aromatic rings. The van der Waals surface area contributed by atoms with Crippen LogP contribution in [0.1, 0.15) is 5.56 Å². The third-order valence-corrected chi connectivity index (χ3v) is 1.80. The van der Waals surface area contributed by atoms with Crippen LogP contribution in [-0.2, 0) is 16.2 Å². The topological polar surface area (TPSA) is 30.5 Å². The van der Waals surface area contributed by atoms with E-state index < -0.39 is 12.8 Å². The molecule has 0 aliphatic rings. The number of ether oxygens (including phenoxy) is 1. The Morgan fingerprint density at radius 2 is 1.82 bits per heavy atom. The molecule has 0 spiro atoms. The Morgan fingerprint density at radius 3 is 2.47 bits per heavy atom. The van der Waals surface area contributed by atoms with Crippen molar-refractivity contribution >= 4 is 0 Å². The van der Waals surface area contributed by atoms with Gasteiger partial charge in [0, 0.05) is 6.54 Å². The van der Waals surface area contributed by atoms with Gasteiger partial charge in [0.15, 0.2) is 0 Å². The van der Waals surface area contributed by atoms with Crippen LogP contribution in [0.25, 0.3) is 0 Å². The van der Waals surface area contributed by atoms with Crippen LogP contribution in [0.5, 0.6) is 0 Å². The standard InChI is InChI=1S/C11H14F3NO2/c12-11(13,14)9-16-7-6-15-17-8-10-4-2-1-3-5-10/h1-5,15H,6-9H2. The van der Waals surface area contributed by atoms with Gasteiger partial charge in [-0.15, -0.1) is 0 Å². The average Bonchev–Trinajstić information content (AvgIpc) is 2.28.